The predicted molar refractivity (Wildman–Crippen MR) is 104 cm³/mol. The van der Waals surface area contributed by atoms with Gasteiger partial charge in [-0.05, 0) is 38.5 Å². The van der Waals surface area contributed by atoms with Crippen LogP contribution in [0.4, 0.5) is 0 Å². The van der Waals surface area contributed by atoms with E-state index in [0.29, 0.717) is 0 Å². The SMILES string of the molecule is CCCCCCCC/C=C\CC/C=C\CCCCCCCC. The minimum Gasteiger partial charge on any atom is -0.0885 e. The second-order valence-electron chi connectivity index (χ2n) is 6.63. The standard InChI is InChI=1S/C22H42/c1-3-5-7-9-11-13-15-17-19-21-22-20-18-16-14-12-10-8-6-4-2/h17-20H,3-16,21-22H2,1-2H3/b19-17-,20-18-. The molecule has 0 amide bonds. The van der Waals surface area contributed by atoms with Gasteiger partial charge in [0.2, 0.25) is 0 Å². The Kier molecular flexibility index (Phi) is 20.0. The van der Waals surface area contributed by atoms with Gasteiger partial charge >= 0.3 is 0 Å². The highest BCUT2D eigenvalue weighted by molar-refractivity contribution is 4.88. The maximum atomic E-state index is 2.39. The van der Waals surface area contributed by atoms with Gasteiger partial charge in [-0.3, -0.25) is 0 Å². The largest absolute Gasteiger partial charge is 0.0885 e. The molecule has 0 fully saturated rings. The normalized spacial score (nSPS) is 11.9. The van der Waals surface area contributed by atoms with E-state index in [2.05, 4.69) is 38.2 Å². The lowest BCUT2D eigenvalue weighted by molar-refractivity contribution is 0.611. The van der Waals surface area contributed by atoms with Gasteiger partial charge in [-0.2, -0.15) is 0 Å². The lowest BCUT2D eigenvalue weighted by atomic mass is 10.1. The minimum absolute atomic E-state index is 1.23. The lowest BCUT2D eigenvalue weighted by Crippen LogP contribution is -1.78. The van der Waals surface area contributed by atoms with Crippen molar-refractivity contribution in [2.24, 2.45) is 0 Å². The van der Waals surface area contributed by atoms with Crippen molar-refractivity contribution in [3.63, 3.8) is 0 Å². The third-order valence-corrected chi connectivity index (χ3v) is 4.28. The highest BCUT2D eigenvalue weighted by Crippen LogP contribution is 2.09. The second kappa shape index (κ2) is 20.5. The first-order valence-electron chi connectivity index (χ1n) is 10.2. The van der Waals surface area contributed by atoms with Crippen molar-refractivity contribution in [3.05, 3.63) is 24.3 Å². The number of hydrogen-bond donors (Lipinski definition) is 0. The Morgan fingerprint density at radius 3 is 1.09 bits per heavy atom. The summed E-state index contributed by atoms with van der Waals surface area (Å²) in [5.74, 6) is 0. The molecule has 0 aliphatic rings. The van der Waals surface area contributed by atoms with Crippen LogP contribution in [0.2, 0.25) is 0 Å². The van der Waals surface area contributed by atoms with E-state index in [0.717, 1.165) is 0 Å². The molecule has 0 saturated heterocycles. The molecule has 0 saturated carbocycles. The monoisotopic (exact) mass is 306 g/mol. The molecule has 0 aliphatic heterocycles. The van der Waals surface area contributed by atoms with Gasteiger partial charge in [-0.15, -0.1) is 0 Å². The van der Waals surface area contributed by atoms with Gasteiger partial charge in [0, 0.05) is 0 Å². The molecule has 22 heavy (non-hydrogen) atoms. The molecule has 0 nitrogen and oxygen atoms in total. The molecule has 0 bridgehead atoms. The summed E-state index contributed by atoms with van der Waals surface area (Å²) in [5.41, 5.74) is 0. The van der Waals surface area contributed by atoms with Crippen LogP contribution in [0.5, 0.6) is 0 Å². The highest BCUT2D eigenvalue weighted by Gasteiger charge is 1.89. The van der Waals surface area contributed by atoms with Gasteiger partial charge < -0.3 is 0 Å². The van der Waals surface area contributed by atoms with Gasteiger partial charge in [0.1, 0.15) is 0 Å². The third-order valence-electron chi connectivity index (χ3n) is 4.28. The molecule has 0 heteroatoms. The summed E-state index contributed by atoms with van der Waals surface area (Å²) in [5, 5.41) is 0. The summed E-state index contributed by atoms with van der Waals surface area (Å²) in [7, 11) is 0. The zero-order valence-corrected chi connectivity index (χ0v) is 15.6. The quantitative estimate of drug-likeness (QED) is 0.187. The topological polar surface area (TPSA) is 0 Å². The predicted octanol–water partition coefficient (Wildman–Crippen LogP) is 8.38. The maximum absolute atomic E-state index is 2.39. The summed E-state index contributed by atoms with van der Waals surface area (Å²) in [6, 6.07) is 0. The number of unbranched alkanes of at least 4 members (excludes halogenated alkanes) is 13. The highest BCUT2D eigenvalue weighted by atomic mass is 14.0. The van der Waals surface area contributed by atoms with Crippen LogP contribution in [0.1, 0.15) is 117 Å². The average Bonchev–Trinajstić information content (AvgIpc) is 2.54. The zero-order valence-electron chi connectivity index (χ0n) is 15.6. The maximum Gasteiger partial charge on any atom is -0.0316 e. The fourth-order valence-corrected chi connectivity index (χ4v) is 2.75. The molecule has 0 atom stereocenters. The smallest absolute Gasteiger partial charge is 0.0316 e. The van der Waals surface area contributed by atoms with Gasteiger partial charge in [-0.25, -0.2) is 0 Å². The molecule has 0 radical (unpaired) electrons. The van der Waals surface area contributed by atoms with Crippen LogP contribution in [0.3, 0.4) is 0 Å². The molecule has 0 aromatic carbocycles. The van der Waals surface area contributed by atoms with E-state index in [1.165, 1.54) is 103 Å². The lowest BCUT2D eigenvalue weighted by Gasteiger charge is -1.98. The first-order valence-corrected chi connectivity index (χ1v) is 10.2. The Balaban J connectivity index is 3.14. The molecule has 0 unspecified atom stereocenters. The van der Waals surface area contributed by atoms with Gasteiger partial charge in [0.15, 0.2) is 0 Å². The van der Waals surface area contributed by atoms with E-state index in [1.54, 1.807) is 0 Å². The van der Waals surface area contributed by atoms with Crippen LogP contribution >= 0.6 is 0 Å². The Bertz CT molecular complexity index is 210. The Hall–Kier alpha value is -0.520. The molecular weight excluding hydrogens is 264 g/mol. The minimum atomic E-state index is 1.23. The molecule has 0 rings (SSSR count). The van der Waals surface area contributed by atoms with Gasteiger partial charge in [0.05, 0.1) is 0 Å². The first kappa shape index (κ1) is 21.5. The fourth-order valence-electron chi connectivity index (χ4n) is 2.75. The van der Waals surface area contributed by atoms with Crippen molar-refractivity contribution in [3.8, 4) is 0 Å². The summed E-state index contributed by atoms with van der Waals surface area (Å²) in [6.45, 7) is 4.57. The van der Waals surface area contributed by atoms with Crippen LogP contribution in [-0.2, 0) is 0 Å². The first-order chi connectivity index (χ1) is 10.9. The fraction of sp³-hybridized carbons (Fsp3) is 0.818. The van der Waals surface area contributed by atoms with E-state index in [1.807, 2.05) is 0 Å². The van der Waals surface area contributed by atoms with E-state index in [9.17, 15) is 0 Å². The van der Waals surface area contributed by atoms with Crippen molar-refractivity contribution in [1.29, 1.82) is 0 Å². The number of rotatable bonds is 17. The molecule has 0 aliphatic carbocycles. The summed E-state index contributed by atoms with van der Waals surface area (Å²) in [6.07, 6.45) is 31.4. The summed E-state index contributed by atoms with van der Waals surface area (Å²) in [4.78, 5) is 0. The van der Waals surface area contributed by atoms with Crippen molar-refractivity contribution >= 4 is 0 Å². The number of allylic oxidation sites excluding steroid dienone is 4. The Morgan fingerprint density at radius 2 is 0.682 bits per heavy atom. The summed E-state index contributed by atoms with van der Waals surface area (Å²) < 4.78 is 0. The van der Waals surface area contributed by atoms with Crippen LogP contribution in [0.25, 0.3) is 0 Å². The van der Waals surface area contributed by atoms with Crippen molar-refractivity contribution in [2.75, 3.05) is 0 Å². The zero-order chi connectivity index (χ0) is 16.1. The molecule has 0 aromatic rings. The van der Waals surface area contributed by atoms with E-state index in [-0.39, 0.29) is 0 Å². The van der Waals surface area contributed by atoms with Crippen LogP contribution in [0.15, 0.2) is 24.3 Å². The Labute approximate surface area is 141 Å². The van der Waals surface area contributed by atoms with Crippen molar-refractivity contribution in [2.45, 2.75) is 117 Å². The van der Waals surface area contributed by atoms with Gasteiger partial charge in [0.25, 0.3) is 0 Å². The molecular formula is C22H42. The van der Waals surface area contributed by atoms with Crippen LogP contribution in [0, 0.1) is 0 Å². The van der Waals surface area contributed by atoms with E-state index >= 15 is 0 Å². The molecule has 0 N–H and O–H groups in total. The third kappa shape index (κ3) is 19.5. The molecule has 130 valence electrons. The van der Waals surface area contributed by atoms with Gasteiger partial charge in [-0.1, -0.05) is 102 Å². The van der Waals surface area contributed by atoms with Crippen molar-refractivity contribution < 1.29 is 0 Å². The second-order valence-corrected chi connectivity index (χ2v) is 6.63. The number of hydrogen-bond acceptors (Lipinski definition) is 0. The van der Waals surface area contributed by atoms with Crippen LogP contribution < -0.4 is 0 Å². The Morgan fingerprint density at radius 1 is 0.364 bits per heavy atom. The molecule has 0 aromatic heterocycles. The van der Waals surface area contributed by atoms with Crippen molar-refractivity contribution in [1.82, 2.24) is 0 Å². The average molecular weight is 307 g/mol. The van der Waals surface area contributed by atoms with E-state index in [4.69, 9.17) is 0 Å². The van der Waals surface area contributed by atoms with E-state index < -0.39 is 0 Å². The molecule has 0 spiro atoms. The van der Waals surface area contributed by atoms with Crippen LogP contribution in [-0.4, -0.2) is 0 Å². The molecule has 0 heterocycles. The summed E-state index contributed by atoms with van der Waals surface area (Å²) >= 11 is 0.